The molecule has 0 spiro atoms. The highest BCUT2D eigenvalue weighted by atomic mass is 32.2. The van der Waals surface area contributed by atoms with Crippen molar-refractivity contribution in [3.63, 3.8) is 0 Å². The first-order valence-electron chi connectivity index (χ1n) is 6.88. The van der Waals surface area contributed by atoms with Crippen LogP contribution < -0.4 is 14.7 Å². The number of aromatic nitrogens is 1. The Balaban J connectivity index is 2.00. The van der Waals surface area contributed by atoms with Crippen LogP contribution in [-0.4, -0.2) is 22.7 Å². The van der Waals surface area contributed by atoms with Crippen molar-refractivity contribution in [1.82, 2.24) is 4.98 Å². The zero-order valence-electron chi connectivity index (χ0n) is 11.7. The van der Waals surface area contributed by atoms with E-state index in [1.807, 2.05) is 0 Å². The van der Waals surface area contributed by atoms with Crippen LogP contribution in [0.25, 0.3) is 0 Å². The van der Waals surface area contributed by atoms with Crippen LogP contribution in [-0.2, 0) is 9.59 Å². The van der Waals surface area contributed by atoms with Crippen LogP contribution in [0, 0.1) is 5.41 Å². The number of benzene rings is 1. The molecule has 0 saturated carbocycles. The highest BCUT2D eigenvalue weighted by Gasteiger charge is 2.56. The van der Waals surface area contributed by atoms with E-state index in [4.69, 9.17) is 4.74 Å². The second-order valence-corrected chi connectivity index (χ2v) is 7.56. The predicted octanol–water partition coefficient (Wildman–Crippen LogP) is 0.719. The van der Waals surface area contributed by atoms with Gasteiger partial charge in [-0.1, -0.05) is 29.5 Å². The summed E-state index contributed by atoms with van der Waals surface area (Å²) in [5, 5.41) is 12.0. The highest BCUT2D eigenvalue weighted by Crippen LogP contribution is 2.58. The number of nitrogens with one attached hydrogen (secondary N) is 1. The number of carbonyl (C=O) groups is 2. The first kappa shape index (κ1) is 14.5. The summed E-state index contributed by atoms with van der Waals surface area (Å²) in [6, 6.07) is 7.03. The monoisotopic (exact) mass is 348 g/mol. The summed E-state index contributed by atoms with van der Waals surface area (Å²) < 4.78 is 5.40. The van der Waals surface area contributed by atoms with E-state index in [2.05, 4.69) is 4.98 Å². The molecule has 1 aromatic carbocycles. The molecule has 1 aromatic heterocycles. The van der Waals surface area contributed by atoms with Crippen LogP contribution in [0.3, 0.4) is 0 Å². The number of hydrogen-bond donors (Lipinski definition) is 1. The second kappa shape index (κ2) is 4.97. The molecule has 8 heteroatoms. The lowest BCUT2D eigenvalue weighted by atomic mass is 9.68. The molecule has 0 saturated heterocycles. The third-order valence-corrected chi connectivity index (χ3v) is 6.58. The Morgan fingerprint density at radius 3 is 2.96 bits per heavy atom. The number of ether oxygens (including phenoxy) is 1. The Bertz CT molecular complexity index is 886. The molecule has 0 fully saturated rings. The number of carboxylic acids is 1. The molecule has 4 rings (SSSR count). The molecule has 3 heterocycles. The van der Waals surface area contributed by atoms with Crippen molar-refractivity contribution < 1.29 is 19.4 Å². The number of H-pyrrole nitrogens is 1. The average molecular weight is 348 g/mol. The van der Waals surface area contributed by atoms with Crippen molar-refractivity contribution in [3.05, 3.63) is 44.4 Å². The van der Waals surface area contributed by atoms with Gasteiger partial charge in [0, 0.05) is 34.5 Å². The molecular weight excluding hydrogens is 338 g/mol. The zero-order chi connectivity index (χ0) is 16.2. The first-order valence-corrected chi connectivity index (χ1v) is 8.68. The number of rotatable bonds is 2. The van der Waals surface area contributed by atoms with Gasteiger partial charge in [-0.05, 0) is 6.07 Å². The van der Waals surface area contributed by atoms with Crippen molar-refractivity contribution >= 4 is 35.0 Å². The van der Waals surface area contributed by atoms with Crippen molar-refractivity contribution in [1.29, 1.82) is 0 Å². The molecule has 2 atom stereocenters. The number of aliphatic carboxylic acids is 1. The van der Waals surface area contributed by atoms with Gasteiger partial charge in [0.1, 0.15) is 5.75 Å². The van der Waals surface area contributed by atoms with Crippen molar-refractivity contribution in [2.75, 3.05) is 5.75 Å². The van der Waals surface area contributed by atoms with Crippen molar-refractivity contribution in [2.45, 2.75) is 17.4 Å². The Labute approximate surface area is 138 Å². The van der Waals surface area contributed by atoms with E-state index in [0.717, 1.165) is 16.9 Å². The Morgan fingerprint density at radius 2 is 2.17 bits per heavy atom. The lowest BCUT2D eigenvalue weighted by molar-refractivity contribution is -0.308. The molecular formula is C15H10NO5S2-. The zero-order valence-corrected chi connectivity index (χ0v) is 13.3. The van der Waals surface area contributed by atoms with Gasteiger partial charge in [-0.25, -0.2) is 0 Å². The van der Waals surface area contributed by atoms with E-state index >= 15 is 0 Å². The minimum atomic E-state index is -1.31. The van der Waals surface area contributed by atoms with Crippen LogP contribution in [0.15, 0.2) is 34.1 Å². The fourth-order valence-electron chi connectivity index (χ4n) is 3.27. The number of aromatic amines is 1. The van der Waals surface area contributed by atoms with Crippen molar-refractivity contribution in [3.8, 4) is 5.75 Å². The van der Waals surface area contributed by atoms with Gasteiger partial charge >= 0.3 is 10.8 Å². The van der Waals surface area contributed by atoms with E-state index in [0.29, 0.717) is 15.7 Å². The number of thiazole rings is 1. The van der Waals surface area contributed by atoms with Gasteiger partial charge < -0.3 is 19.6 Å². The summed E-state index contributed by atoms with van der Waals surface area (Å²) in [5.74, 6) is -1.77. The molecule has 2 aliphatic heterocycles. The number of carbonyl (C=O) groups excluding carboxylic acids is 2. The standard InChI is InChI=1S/C15H11NO5S2/c17-9(18)5-15-6-22-12-11(23-14(20)16-12)10(15)7-3-1-2-4-8(7)21-13(15)19/h1-4,10H,5-6H2,(H,16,20)(H,17,18)/p-1/t10-,15-/m0/s1. The van der Waals surface area contributed by atoms with Crippen LogP contribution in [0.4, 0.5) is 0 Å². The molecule has 0 bridgehead atoms. The third kappa shape index (κ3) is 2.05. The maximum Gasteiger partial charge on any atom is 0.319 e. The predicted molar refractivity (Wildman–Crippen MR) is 81.6 cm³/mol. The van der Waals surface area contributed by atoms with Gasteiger partial charge in [-0.15, -0.1) is 11.8 Å². The van der Waals surface area contributed by atoms with E-state index in [1.165, 1.54) is 11.8 Å². The number of para-hydroxylation sites is 1. The Morgan fingerprint density at radius 1 is 1.39 bits per heavy atom. The maximum atomic E-state index is 12.7. The van der Waals surface area contributed by atoms with E-state index in [-0.39, 0.29) is 10.6 Å². The van der Waals surface area contributed by atoms with Crippen LogP contribution in [0.5, 0.6) is 5.75 Å². The van der Waals surface area contributed by atoms with Gasteiger partial charge in [0.2, 0.25) is 0 Å². The molecule has 0 unspecified atom stereocenters. The summed E-state index contributed by atoms with van der Waals surface area (Å²) in [7, 11) is 0. The second-order valence-electron chi connectivity index (χ2n) is 5.56. The Kier molecular flexibility index (Phi) is 3.14. The van der Waals surface area contributed by atoms with Gasteiger partial charge in [-0.2, -0.15) is 0 Å². The van der Waals surface area contributed by atoms with Crippen LogP contribution in [0.2, 0.25) is 0 Å². The number of thioether (sulfide) groups is 1. The summed E-state index contributed by atoms with van der Waals surface area (Å²) in [6.45, 7) is 0. The highest BCUT2D eigenvalue weighted by molar-refractivity contribution is 7.99. The number of carboxylic acid groups (broad SMARTS) is 1. The molecule has 118 valence electrons. The quantitative estimate of drug-likeness (QED) is 0.634. The van der Waals surface area contributed by atoms with Crippen LogP contribution >= 0.6 is 23.1 Å². The summed E-state index contributed by atoms with van der Waals surface area (Å²) in [6.07, 6.45) is -0.441. The molecule has 23 heavy (non-hydrogen) atoms. The SMILES string of the molecule is O=C([O-])C[C@]12CSc3[nH]c(=O)sc3[C@@H]1c1ccccc1OC2=O. The Hall–Kier alpha value is -2.06. The van der Waals surface area contributed by atoms with Gasteiger partial charge in [-0.3, -0.25) is 9.59 Å². The van der Waals surface area contributed by atoms with Gasteiger partial charge in [0.25, 0.3) is 0 Å². The van der Waals surface area contributed by atoms with Crippen molar-refractivity contribution in [2.24, 2.45) is 5.41 Å². The molecule has 6 nitrogen and oxygen atoms in total. The fourth-order valence-corrected chi connectivity index (χ4v) is 5.82. The number of esters is 1. The molecule has 2 aromatic rings. The summed E-state index contributed by atoms with van der Waals surface area (Å²) in [4.78, 5) is 38.9. The van der Waals surface area contributed by atoms with E-state index in [1.54, 1.807) is 24.3 Å². The van der Waals surface area contributed by atoms with Crippen LogP contribution in [0.1, 0.15) is 22.8 Å². The maximum absolute atomic E-state index is 12.7. The average Bonchev–Trinajstić information content (AvgIpc) is 2.87. The summed E-state index contributed by atoms with van der Waals surface area (Å²) in [5.41, 5.74) is -0.527. The van der Waals surface area contributed by atoms with Gasteiger partial charge in [0.05, 0.1) is 10.4 Å². The molecule has 0 amide bonds. The minimum Gasteiger partial charge on any atom is -0.550 e. The van der Waals surface area contributed by atoms with E-state index < -0.39 is 29.7 Å². The molecule has 2 aliphatic rings. The molecule has 0 aliphatic carbocycles. The van der Waals surface area contributed by atoms with Gasteiger partial charge in [0.15, 0.2) is 0 Å². The summed E-state index contributed by atoms with van der Waals surface area (Å²) >= 11 is 2.29. The lowest BCUT2D eigenvalue weighted by Gasteiger charge is -2.44. The number of hydrogen-bond acceptors (Lipinski definition) is 7. The molecule has 0 radical (unpaired) electrons. The third-order valence-electron chi connectivity index (χ3n) is 4.23. The minimum absolute atomic E-state index is 0.219. The smallest absolute Gasteiger partial charge is 0.319 e. The molecule has 1 N–H and O–H groups in total. The fraction of sp³-hybridized carbons (Fsp3) is 0.267. The largest absolute Gasteiger partial charge is 0.550 e. The van der Waals surface area contributed by atoms with E-state index in [9.17, 15) is 19.5 Å². The normalized spacial score (nSPS) is 25.0. The topological polar surface area (TPSA) is 99.3 Å². The lowest BCUT2D eigenvalue weighted by Crippen LogP contribution is -2.50. The first-order chi connectivity index (χ1) is 11.0. The number of fused-ring (bicyclic) bond motifs is 5.